The van der Waals surface area contributed by atoms with Crippen molar-refractivity contribution in [2.75, 3.05) is 11.4 Å². The molecule has 1 atom stereocenters. The second-order valence-electron chi connectivity index (χ2n) is 6.14. The van der Waals surface area contributed by atoms with Gasteiger partial charge in [-0.1, -0.05) is 41.9 Å². The number of nitrogens with zero attached hydrogens (tertiary/aromatic N) is 2. The van der Waals surface area contributed by atoms with Crippen molar-refractivity contribution < 1.29 is 5.11 Å². The van der Waals surface area contributed by atoms with Crippen LogP contribution in [0, 0.1) is 0 Å². The topological polar surface area (TPSA) is 52.1 Å². The number of fused-ring (bicyclic) bond motifs is 1. The molecule has 1 aliphatic rings. The number of aliphatic hydroxyl groups excluding tert-OH is 1. The fourth-order valence-corrected chi connectivity index (χ4v) is 3.44. The molecule has 2 heterocycles. The van der Waals surface area contributed by atoms with Crippen molar-refractivity contribution in [3.63, 3.8) is 0 Å². The lowest BCUT2D eigenvalue weighted by atomic mass is 9.99. The molecule has 4 nitrogen and oxygen atoms in total. The number of anilines is 1. The highest BCUT2D eigenvalue weighted by Gasteiger charge is 2.23. The molecule has 0 amide bonds. The van der Waals surface area contributed by atoms with E-state index >= 15 is 0 Å². The first-order valence-electron chi connectivity index (χ1n) is 8.00. The van der Waals surface area contributed by atoms with Gasteiger partial charge in [-0.2, -0.15) is 5.10 Å². The molecular weight excluding hydrogens is 322 g/mol. The third-order valence-corrected chi connectivity index (χ3v) is 4.68. The van der Waals surface area contributed by atoms with E-state index in [0.29, 0.717) is 24.5 Å². The highest BCUT2D eigenvalue weighted by atomic mass is 35.5. The Balaban J connectivity index is 1.65. The minimum Gasteiger partial charge on any atom is -0.391 e. The van der Waals surface area contributed by atoms with Gasteiger partial charge in [0.05, 0.1) is 18.0 Å². The highest BCUT2D eigenvalue weighted by Crippen LogP contribution is 2.30. The molecule has 0 saturated carbocycles. The maximum atomic E-state index is 10.2. The number of benzene rings is 2. The molecule has 1 aliphatic heterocycles. The standard InChI is InChI=1S/C19H18ClN3O/c20-16-7-5-13(6-8-16)19-15(10-21-22-19)11-23-12-17(24)9-14-3-1-2-4-18(14)23/h1-8,10,17,24H,9,11-12H2,(H,21,22). The normalized spacial score (nSPS) is 16.9. The number of nitrogens with one attached hydrogen (secondary N) is 1. The predicted octanol–water partition coefficient (Wildman–Crippen LogP) is 3.65. The third-order valence-electron chi connectivity index (χ3n) is 4.43. The first-order valence-corrected chi connectivity index (χ1v) is 8.37. The van der Waals surface area contributed by atoms with E-state index in [4.69, 9.17) is 11.6 Å². The summed E-state index contributed by atoms with van der Waals surface area (Å²) in [6.45, 7) is 1.32. The van der Waals surface area contributed by atoms with Crippen LogP contribution in [0.1, 0.15) is 11.1 Å². The summed E-state index contributed by atoms with van der Waals surface area (Å²) >= 11 is 5.98. The summed E-state index contributed by atoms with van der Waals surface area (Å²) in [7, 11) is 0. The lowest BCUT2D eigenvalue weighted by Gasteiger charge is -2.34. The van der Waals surface area contributed by atoms with Crippen molar-refractivity contribution in [2.45, 2.75) is 19.1 Å². The number of aromatic nitrogens is 2. The van der Waals surface area contributed by atoms with E-state index in [1.807, 2.05) is 42.6 Å². The van der Waals surface area contributed by atoms with Gasteiger partial charge in [-0.25, -0.2) is 0 Å². The Kier molecular flexibility index (Phi) is 4.00. The number of hydrogen-bond donors (Lipinski definition) is 2. The molecule has 0 radical (unpaired) electrons. The number of aliphatic hydroxyl groups is 1. The largest absolute Gasteiger partial charge is 0.391 e. The average molecular weight is 340 g/mol. The molecule has 4 rings (SSSR count). The molecule has 0 spiro atoms. The lowest BCUT2D eigenvalue weighted by Crippen LogP contribution is -2.38. The molecule has 3 aromatic rings. The summed E-state index contributed by atoms with van der Waals surface area (Å²) < 4.78 is 0. The van der Waals surface area contributed by atoms with Crippen molar-refractivity contribution in [1.82, 2.24) is 10.2 Å². The van der Waals surface area contributed by atoms with Crippen LogP contribution >= 0.6 is 11.6 Å². The van der Waals surface area contributed by atoms with E-state index in [9.17, 15) is 5.11 Å². The summed E-state index contributed by atoms with van der Waals surface area (Å²) in [4.78, 5) is 2.22. The Labute approximate surface area is 145 Å². The summed E-state index contributed by atoms with van der Waals surface area (Å²) in [5.74, 6) is 0. The van der Waals surface area contributed by atoms with Crippen LogP contribution in [0.2, 0.25) is 5.02 Å². The van der Waals surface area contributed by atoms with Crippen LogP contribution in [0.4, 0.5) is 5.69 Å². The van der Waals surface area contributed by atoms with Gasteiger partial charge in [-0.15, -0.1) is 0 Å². The summed E-state index contributed by atoms with van der Waals surface area (Å²) in [6.07, 6.45) is 2.22. The third kappa shape index (κ3) is 2.90. The molecule has 2 N–H and O–H groups in total. The zero-order valence-electron chi connectivity index (χ0n) is 13.1. The van der Waals surface area contributed by atoms with Gasteiger partial charge in [0.15, 0.2) is 0 Å². The highest BCUT2D eigenvalue weighted by molar-refractivity contribution is 6.30. The molecule has 0 fully saturated rings. The molecule has 0 bridgehead atoms. The van der Waals surface area contributed by atoms with Gasteiger partial charge in [0, 0.05) is 35.8 Å². The van der Waals surface area contributed by atoms with Crippen molar-refractivity contribution in [3.8, 4) is 11.3 Å². The van der Waals surface area contributed by atoms with Gasteiger partial charge in [-0.3, -0.25) is 5.10 Å². The molecule has 2 aromatic carbocycles. The number of hydrogen-bond acceptors (Lipinski definition) is 3. The monoisotopic (exact) mass is 339 g/mol. The quantitative estimate of drug-likeness (QED) is 0.765. The van der Waals surface area contributed by atoms with Crippen LogP contribution in [-0.2, 0) is 13.0 Å². The van der Waals surface area contributed by atoms with Gasteiger partial charge < -0.3 is 10.0 Å². The van der Waals surface area contributed by atoms with E-state index in [0.717, 1.165) is 16.8 Å². The average Bonchev–Trinajstić information content (AvgIpc) is 3.03. The minimum absolute atomic E-state index is 0.342. The van der Waals surface area contributed by atoms with Gasteiger partial charge in [0.25, 0.3) is 0 Å². The molecule has 122 valence electrons. The summed E-state index contributed by atoms with van der Waals surface area (Å²) in [5, 5.41) is 18.2. The molecule has 0 saturated heterocycles. The zero-order valence-corrected chi connectivity index (χ0v) is 13.9. The van der Waals surface area contributed by atoms with Gasteiger partial charge in [0.2, 0.25) is 0 Å². The van der Waals surface area contributed by atoms with Crippen LogP contribution in [-0.4, -0.2) is 28.0 Å². The molecule has 0 aliphatic carbocycles. The maximum absolute atomic E-state index is 10.2. The first kappa shape index (κ1) is 15.2. The number of H-pyrrole nitrogens is 1. The minimum atomic E-state index is -0.342. The molecule has 5 heteroatoms. The Hall–Kier alpha value is -2.30. The van der Waals surface area contributed by atoms with Crippen LogP contribution in [0.25, 0.3) is 11.3 Å². The van der Waals surface area contributed by atoms with Crippen LogP contribution in [0.3, 0.4) is 0 Å². The summed E-state index contributed by atoms with van der Waals surface area (Å²) in [6, 6.07) is 16.0. The smallest absolute Gasteiger partial charge is 0.0756 e. The SMILES string of the molecule is OC1Cc2ccccc2N(Cc2cn[nH]c2-c2ccc(Cl)cc2)C1. The van der Waals surface area contributed by atoms with Gasteiger partial charge in [0.1, 0.15) is 0 Å². The second kappa shape index (κ2) is 6.30. The fraction of sp³-hybridized carbons (Fsp3) is 0.211. The van der Waals surface area contributed by atoms with Crippen LogP contribution in [0.5, 0.6) is 0 Å². The number of halogens is 1. The Morgan fingerprint density at radius 3 is 2.79 bits per heavy atom. The fourth-order valence-electron chi connectivity index (χ4n) is 3.32. The van der Waals surface area contributed by atoms with Crippen molar-refractivity contribution in [1.29, 1.82) is 0 Å². The van der Waals surface area contributed by atoms with E-state index in [2.05, 4.69) is 27.2 Å². The Morgan fingerprint density at radius 2 is 1.96 bits per heavy atom. The number of β-amino-alcohol motifs (C(OH)–C–C–N with tert-alkyl or cyclic N) is 1. The Morgan fingerprint density at radius 1 is 1.17 bits per heavy atom. The molecular formula is C19H18ClN3O. The van der Waals surface area contributed by atoms with Crippen molar-refractivity contribution >= 4 is 17.3 Å². The molecule has 1 unspecified atom stereocenters. The maximum Gasteiger partial charge on any atom is 0.0756 e. The Bertz CT molecular complexity index is 844. The zero-order chi connectivity index (χ0) is 16.5. The second-order valence-corrected chi connectivity index (χ2v) is 6.58. The molecule has 1 aromatic heterocycles. The van der Waals surface area contributed by atoms with Crippen molar-refractivity contribution in [3.05, 3.63) is 70.9 Å². The number of rotatable bonds is 3. The van der Waals surface area contributed by atoms with Crippen LogP contribution < -0.4 is 4.90 Å². The van der Waals surface area contributed by atoms with Crippen LogP contribution in [0.15, 0.2) is 54.7 Å². The van der Waals surface area contributed by atoms with Crippen molar-refractivity contribution in [2.24, 2.45) is 0 Å². The van der Waals surface area contributed by atoms with E-state index in [1.165, 1.54) is 11.3 Å². The number of aromatic amines is 1. The molecule has 24 heavy (non-hydrogen) atoms. The summed E-state index contributed by atoms with van der Waals surface area (Å²) in [5.41, 5.74) is 5.52. The van der Waals surface area contributed by atoms with E-state index < -0.39 is 0 Å². The first-order chi connectivity index (χ1) is 11.7. The predicted molar refractivity (Wildman–Crippen MR) is 96.2 cm³/mol. The van der Waals surface area contributed by atoms with Gasteiger partial charge >= 0.3 is 0 Å². The number of para-hydroxylation sites is 1. The van der Waals surface area contributed by atoms with Gasteiger partial charge in [-0.05, 0) is 29.3 Å². The lowest BCUT2D eigenvalue weighted by molar-refractivity contribution is 0.174. The van der Waals surface area contributed by atoms with E-state index in [-0.39, 0.29) is 6.10 Å². The van der Waals surface area contributed by atoms with E-state index in [1.54, 1.807) is 0 Å².